The standard InChI is InChI=1S/C13H23N3S/c1-4-14-13-15-6-12(17-13)9-16-7-10(2)5-11(3)8-16/h6,10-11H,4-5,7-9H2,1-3H3,(H,14,15). The van der Waals surface area contributed by atoms with Gasteiger partial charge in [-0.05, 0) is 25.2 Å². The first-order chi connectivity index (χ1) is 8.17. The third-order valence-corrected chi connectivity index (χ3v) is 4.15. The zero-order valence-electron chi connectivity index (χ0n) is 11.1. The zero-order valence-corrected chi connectivity index (χ0v) is 11.9. The average Bonchev–Trinajstić information content (AvgIpc) is 2.64. The van der Waals surface area contributed by atoms with Gasteiger partial charge < -0.3 is 5.32 Å². The summed E-state index contributed by atoms with van der Waals surface area (Å²) in [6.45, 7) is 11.3. The number of nitrogens with one attached hydrogen (secondary N) is 1. The molecule has 1 fully saturated rings. The van der Waals surface area contributed by atoms with Gasteiger partial charge in [0, 0.05) is 37.3 Å². The number of aromatic nitrogens is 1. The number of anilines is 1. The summed E-state index contributed by atoms with van der Waals surface area (Å²) in [6, 6.07) is 0. The van der Waals surface area contributed by atoms with Gasteiger partial charge in [0.25, 0.3) is 0 Å². The molecule has 17 heavy (non-hydrogen) atoms. The average molecular weight is 253 g/mol. The molecule has 1 aliphatic rings. The van der Waals surface area contributed by atoms with E-state index < -0.39 is 0 Å². The Morgan fingerprint density at radius 3 is 2.76 bits per heavy atom. The Balaban J connectivity index is 1.90. The third kappa shape index (κ3) is 3.68. The molecule has 1 aromatic rings. The van der Waals surface area contributed by atoms with Gasteiger partial charge in [0.1, 0.15) is 0 Å². The largest absolute Gasteiger partial charge is 0.362 e. The molecule has 0 aromatic carbocycles. The van der Waals surface area contributed by atoms with Gasteiger partial charge in [-0.15, -0.1) is 11.3 Å². The van der Waals surface area contributed by atoms with E-state index in [-0.39, 0.29) is 0 Å². The minimum Gasteiger partial charge on any atom is -0.362 e. The van der Waals surface area contributed by atoms with E-state index in [1.807, 2.05) is 6.20 Å². The Morgan fingerprint density at radius 1 is 1.41 bits per heavy atom. The number of hydrogen-bond donors (Lipinski definition) is 1. The second kappa shape index (κ2) is 5.83. The highest BCUT2D eigenvalue weighted by atomic mass is 32.1. The monoisotopic (exact) mass is 253 g/mol. The Bertz CT molecular complexity index is 340. The smallest absolute Gasteiger partial charge is 0.182 e. The van der Waals surface area contributed by atoms with E-state index in [1.54, 1.807) is 11.3 Å². The zero-order chi connectivity index (χ0) is 12.3. The van der Waals surface area contributed by atoms with E-state index in [1.165, 1.54) is 24.4 Å². The van der Waals surface area contributed by atoms with Crippen LogP contribution in [-0.4, -0.2) is 29.5 Å². The van der Waals surface area contributed by atoms with Gasteiger partial charge in [-0.2, -0.15) is 0 Å². The van der Waals surface area contributed by atoms with Crippen LogP contribution < -0.4 is 5.32 Å². The maximum atomic E-state index is 4.39. The minimum absolute atomic E-state index is 0.833. The molecule has 96 valence electrons. The molecule has 1 N–H and O–H groups in total. The number of likely N-dealkylation sites (tertiary alicyclic amines) is 1. The Labute approximate surface area is 108 Å². The normalized spacial score (nSPS) is 26.1. The summed E-state index contributed by atoms with van der Waals surface area (Å²) in [5.74, 6) is 1.67. The molecular formula is C13H23N3S. The van der Waals surface area contributed by atoms with Crippen LogP contribution in [-0.2, 0) is 6.54 Å². The van der Waals surface area contributed by atoms with E-state index in [4.69, 9.17) is 0 Å². The van der Waals surface area contributed by atoms with Crippen molar-refractivity contribution in [2.45, 2.75) is 33.7 Å². The Hall–Kier alpha value is -0.610. The van der Waals surface area contributed by atoms with Crippen molar-refractivity contribution in [1.29, 1.82) is 0 Å². The van der Waals surface area contributed by atoms with Crippen molar-refractivity contribution in [2.75, 3.05) is 25.0 Å². The van der Waals surface area contributed by atoms with Crippen molar-refractivity contribution < 1.29 is 0 Å². The van der Waals surface area contributed by atoms with Crippen molar-refractivity contribution >= 4 is 16.5 Å². The van der Waals surface area contributed by atoms with Gasteiger partial charge in [-0.1, -0.05) is 13.8 Å². The Kier molecular flexibility index (Phi) is 4.40. The lowest BCUT2D eigenvalue weighted by Gasteiger charge is -2.34. The topological polar surface area (TPSA) is 28.2 Å². The maximum Gasteiger partial charge on any atom is 0.182 e. The quantitative estimate of drug-likeness (QED) is 0.894. The SMILES string of the molecule is CCNc1ncc(CN2CC(C)CC(C)C2)s1. The minimum atomic E-state index is 0.833. The molecule has 0 radical (unpaired) electrons. The van der Waals surface area contributed by atoms with Gasteiger partial charge in [0.15, 0.2) is 5.13 Å². The van der Waals surface area contributed by atoms with Gasteiger partial charge in [-0.3, -0.25) is 4.90 Å². The van der Waals surface area contributed by atoms with E-state index >= 15 is 0 Å². The van der Waals surface area contributed by atoms with Crippen LogP contribution >= 0.6 is 11.3 Å². The highest BCUT2D eigenvalue weighted by Gasteiger charge is 2.22. The summed E-state index contributed by atoms with van der Waals surface area (Å²) in [5, 5.41) is 4.33. The van der Waals surface area contributed by atoms with Crippen molar-refractivity contribution in [2.24, 2.45) is 11.8 Å². The fraction of sp³-hybridized carbons (Fsp3) is 0.769. The molecular weight excluding hydrogens is 230 g/mol. The number of nitrogens with zero attached hydrogens (tertiary/aromatic N) is 2. The lowest BCUT2D eigenvalue weighted by molar-refractivity contribution is 0.135. The third-order valence-electron chi connectivity index (χ3n) is 3.21. The lowest BCUT2D eigenvalue weighted by Crippen LogP contribution is -2.37. The Morgan fingerprint density at radius 2 is 2.12 bits per heavy atom. The molecule has 0 bridgehead atoms. The van der Waals surface area contributed by atoms with Gasteiger partial charge >= 0.3 is 0 Å². The van der Waals surface area contributed by atoms with Crippen LogP contribution in [0, 0.1) is 11.8 Å². The number of thiazole rings is 1. The molecule has 1 saturated heterocycles. The van der Waals surface area contributed by atoms with E-state index in [0.29, 0.717) is 0 Å². The highest BCUT2D eigenvalue weighted by molar-refractivity contribution is 7.15. The number of rotatable bonds is 4. The van der Waals surface area contributed by atoms with Crippen LogP contribution in [0.1, 0.15) is 32.1 Å². The molecule has 0 amide bonds. The lowest BCUT2D eigenvalue weighted by atomic mass is 9.92. The molecule has 2 rings (SSSR count). The van der Waals surface area contributed by atoms with Gasteiger partial charge in [-0.25, -0.2) is 4.98 Å². The molecule has 0 spiro atoms. The van der Waals surface area contributed by atoms with Crippen molar-refractivity contribution in [1.82, 2.24) is 9.88 Å². The van der Waals surface area contributed by atoms with Crippen LogP contribution in [0.4, 0.5) is 5.13 Å². The molecule has 0 aliphatic carbocycles. The van der Waals surface area contributed by atoms with Crippen LogP contribution in [0.2, 0.25) is 0 Å². The summed E-state index contributed by atoms with van der Waals surface area (Å²) in [6.07, 6.45) is 3.40. The van der Waals surface area contributed by atoms with Crippen LogP contribution in [0.3, 0.4) is 0 Å². The van der Waals surface area contributed by atoms with E-state index in [2.05, 4.69) is 36.0 Å². The van der Waals surface area contributed by atoms with Crippen LogP contribution in [0.5, 0.6) is 0 Å². The van der Waals surface area contributed by atoms with Gasteiger partial charge in [0.05, 0.1) is 0 Å². The first-order valence-electron chi connectivity index (χ1n) is 6.58. The maximum absolute atomic E-state index is 4.39. The molecule has 2 atom stereocenters. The van der Waals surface area contributed by atoms with Gasteiger partial charge in [0.2, 0.25) is 0 Å². The van der Waals surface area contributed by atoms with E-state index in [0.717, 1.165) is 30.1 Å². The van der Waals surface area contributed by atoms with Crippen LogP contribution in [0.25, 0.3) is 0 Å². The summed E-state index contributed by atoms with van der Waals surface area (Å²) in [7, 11) is 0. The fourth-order valence-corrected chi connectivity index (χ4v) is 3.68. The second-order valence-electron chi connectivity index (χ2n) is 5.30. The van der Waals surface area contributed by atoms with E-state index in [9.17, 15) is 0 Å². The molecule has 3 nitrogen and oxygen atoms in total. The van der Waals surface area contributed by atoms with Crippen molar-refractivity contribution in [3.05, 3.63) is 11.1 Å². The number of hydrogen-bond acceptors (Lipinski definition) is 4. The predicted octanol–water partition coefficient (Wildman–Crippen LogP) is 3.05. The molecule has 2 unspecified atom stereocenters. The van der Waals surface area contributed by atoms with Crippen molar-refractivity contribution in [3.63, 3.8) is 0 Å². The molecule has 1 aliphatic heterocycles. The summed E-state index contributed by atoms with van der Waals surface area (Å²) in [4.78, 5) is 8.34. The number of piperidine rings is 1. The highest BCUT2D eigenvalue weighted by Crippen LogP contribution is 2.25. The first-order valence-corrected chi connectivity index (χ1v) is 7.40. The first kappa shape index (κ1) is 12.8. The molecule has 1 aromatic heterocycles. The molecule has 2 heterocycles. The summed E-state index contributed by atoms with van der Waals surface area (Å²) >= 11 is 1.79. The summed E-state index contributed by atoms with van der Waals surface area (Å²) in [5.41, 5.74) is 0. The van der Waals surface area contributed by atoms with Crippen molar-refractivity contribution in [3.8, 4) is 0 Å². The predicted molar refractivity (Wildman–Crippen MR) is 74.5 cm³/mol. The molecule has 4 heteroatoms. The second-order valence-corrected chi connectivity index (χ2v) is 6.42. The van der Waals surface area contributed by atoms with Crippen LogP contribution in [0.15, 0.2) is 6.20 Å². The fourth-order valence-electron chi connectivity index (χ4n) is 2.76. The molecule has 0 saturated carbocycles. The summed E-state index contributed by atoms with van der Waals surface area (Å²) < 4.78 is 0.